The first-order valence-corrected chi connectivity index (χ1v) is 6.58. The molecule has 2 aromatic rings. The maximum atomic E-state index is 10.6. The Labute approximate surface area is 118 Å². The number of ether oxygens (including phenoxy) is 1. The van der Waals surface area contributed by atoms with E-state index in [1.807, 2.05) is 30.3 Å². The summed E-state index contributed by atoms with van der Waals surface area (Å²) < 4.78 is 7.39. The minimum Gasteiger partial charge on any atom is -0.484 e. The number of carbonyl (C=O) groups excluding carboxylic acids is 1. The largest absolute Gasteiger partial charge is 0.484 e. The van der Waals surface area contributed by atoms with Crippen LogP contribution in [0, 0.1) is 0 Å². The lowest BCUT2D eigenvalue weighted by atomic mass is 10.3. The lowest BCUT2D eigenvalue weighted by Crippen LogP contribution is -2.19. The van der Waals surface area contributed by atoms with Crippen molar-refractivity contribution < 1.29 is 9.53 Å². The van der Waals surface area contributed by atoms with E-state index in [4.69, 9.17) is 10.5 Å². The van der Waals surface area contributed by atoms with Gasteiger partial charge in [0.15, 0.2) is 6.61 Å². The van der Waals surface area contributed by atoms with Crippen LogP contribution in [0.1, 0.15) is 12.6 Å². The Hall–Kier alpha value is -2.43. The van der Waals surface area contributed by atoms with E-state index in [-0.39, 0.29) is 6.61 Å². The Kier molecular flexibility index (Phi) is 4.65. The third-order valence-electron chi connectivity index (χ3n) is 2.97. The van der Waals surface area contributed by atoms with Gasteiger partial charge in [0.05, 0.1) is 6.54 Å². The monoisotopic (exact) mass is 273 g/mol. The Morgan fingerprint density at radius 3 is 2.70 bits per heavy atom. The normalized spacial score (nSPS) is 10.2. The predicted octanol–water partition coefficient (Wildman–Crippen LogP) is 1.98. The van der Waals surface area contributed by atoms with Crippen molar-refractivity contribution >= 4 is 11.6 Å². The number of carbonyl (C=O) groups is 1. The molecular formula is C15H19N3O2. The molecule has 0 aliphatic carbocycles. The molecule has 0 aliphatic heterocycles. The Morgan fingerprint density at radius 2 is 2.05 bits per heavy atom. The van der Waals surface area contributed by atoms with Crippen LogP contribution in [0.25, 0.3) is 0 Å². The van der Waals surface area contributed by atoms with E-state index in [9.17, 15) is 4.79 Å². The van der Waals surface area contributed by atoms with Crippen LogP contribution < -0.4 is 15.8 Å². The van der Waals surface area contributed by atoms with Gasteiger partial charge in [-0.25, -0.2) is 0 Å². The average Bonchev–Trinajstić information content (AvgIpc) is 2.91. The van der Waals surface area contributed by atoms with E-state index in [0.717, 1.165) is 18.8 Å². The van der Waals surface area contributed by atoms with Gasteiger partial charge in [-0.15, -0.1) is 0 Å². The molecule has 1 heterocycles. The molecule has 106 valence electrons. The van der Waals surface area contributed by atoms with Crippen molar-refractivity contribution in [1.82, 2.24) is 4.57 Å². The van der Waals surface area contributed by atoms with Gasteiger partial charge in [-0.05, 0) is 43.3 Å². The number of benzene rings is 1. The van der Waals surface area contributed by atoms with Gasteiger partial charge in [0.2, 0.25) is 0 Å². The second kappa shape index (κ2) is 6.65. The van der Waals surface area contributed by atoms with Gasteiger partial charge in [0.1, 0.15) is 5.75 Å². The number of hydrogen-bond acceptors (Lipinski definition) is 3. The highest BCUT2D eigenvalue weighted by atomic mass is 16.5. The zero-order valence-corrected chi connectivity index (χ0v) is 11.5. The summed E-state index contributed by atoms with van der Waals surface area (Å²) in [4.78, 5) is 10.6. The number of nitrogens with zero attached hydrogens (tertiary/aromatic N) is 1. The highest BCUT2D eigenvalue weighted by molar-refractivity contribution is 5.75. The summed E-state index contributed by atoms with van der Waals surface area (Å²) in [5.74, 6) is 0.152. The molecule has 1 aromatic carbocycles. The molecule has 0 saturated carbocycles. The van der Waals surface area contributed by atoms with Crippen molar-refractivity contribution in [2.24, 2.45) is 5.73 Å². The zero-order valence-electron chi connectivity index (χ0n) is 11.5. The van der Waals surface area contributed by atoms with Crippen LogP contribution in [0.5, 0.6) is 5.75 Å². The molecule has 5 nitrogen and oxygen atoms in total. The number of primary amides is 1. The van der Waals surface area contributed by atoms with E-state index in [1.165, 1.54) is 5.69 Å². The minimum absolute atomic E-state index is 0.100. The molecule has 1 amide bonds. The lowest BCUT2D eigenvalue weighted by molar-refractivity contribution is -0.119. The van der Waals surface area contributed by atoms with Crippen LogP contribution in [0.15, 0.2) is 42.6 Å². The zero-order chi connectivity index (χ0) is 14.4. The van der Waals surface area contributed by atoms with Crippen molar-refractivity contribution in [3.05, 3.63) is 48.3 Å². The first-order chi connectivity index (χ1) is 9.69. The Balaban J connectivity index is 1.89. The number of nitrogens with one attached hydrogen (secondary N) is 1. The van der Waals surface area contributed by atoms with Gasteiger partial charge < -0.3 is 20.4 Å². The van der Waals surface area contributed by atoms with Crippen molar-refractivity contribution in [3.8, 4) is 5.75 Å². The predicted molar refractivity (Wildman–Crippen MR) is 78.6 cm³/mol. The molecule has 5 heteroatoms. The number of aromatic nitrogens is 1. The first kappa shape index (κ1) is 14.0. The van der Waals surface area contributed by atoms with Crippen LogP contribution in [0.4, 0.5) is 5.69 Å². The third kappa shape index (κ3) is 3.78. The smallest absolute Gasteiger partial charge is 0.255 e. The fraction of sp³-hybridized carbons (Fsp3) is 0.267. The number of amides is 1. The minimum atomic E-state index is -0.479. The summed E-state index contributed by atoms with van der Waals surface area (Å²) in [6.45, 7) is 3.75. The first-order valence-electron chi connectivity index (χ1n) is 6.58. The molecule has 0 spiro atoms. The van der Waals surface area contributed by atoms with Crippen molar-refractivity contribution in [1.29, 1.82) is 0 Å². The second-order valence-corrected chi connectivity index (χ2v) is 4.42. The molecule has 0 aliphatic rings. The van der Waals surface area contributed by atoms with Gasteiger partial charge in [0, 0.05) is 24.1 Å². The van der Waals surface area contributed by atoms with E-state index in [1.54, 1.807) is 0 Å². The average molecular weight is 273 g/mol. The van der Waals surface area contributed by atoms with Crippen LogP contribution >= 0.6 is 0 Å². The SMILES string of the molecule is CCn1cccc1CNc1ccc(OCC(N)=O)cc1. The molecule has 0 unspecified atom stereocenters. The molecule has 0 fully saturated rings. The quantitative estimate of drug-likeness (QED) is 0.810. The molecule has 0 bridgehead atoms. The Morgan fingerprint density at radius 1 is 1.30 bits per heavy atom. The highest BCUT2D eigenvalue weighted by Crippen LogP contribution is 2.16. The van der Waals surface area contributed by atoms with Crippen LogP contribution in [0.2, 0.25) is 0 Å². The number of nitrogens with two attached hydrogens (primary N) is 1. The summed E-state index contributed by atoms with van der Waals surface area (Å²) in [5.41, 5.74) is 7.26. The fourth-order valence-corrected chi connectivity index (χ4v) is 1.93. The van der Waals surface area contributed by atoms with E-state index in [0.29, 0.717) is 5.75 Å². The number of hydrogen-bond donors (Lipinski definition) is 2. The topological polar surface area (TPSA) is 69.3 Å². The van der Waals surface area contributed by atoms with Gasteiger partial charge in [0.25, 0.3) is 5.91 Å². The Bertz CT molecular complexity index is 561. The van der Waals surface area contributed by atoms with Crippen molar-refractivity contribution in [2.45, 2.75) is 20.0 Å². The molecule has 0 atom stereocenters. The fourth-order valence-electron chi connectivity index (χ4n) is 1.93. The summed E-state index contributed by atoms with van der Waals surface area (Å²) in [6, 6.07) is 11.6. The second-order valence-electron chi connectivity index (χ2n) is 4.42. The summed E-state index contributed by atoms with van der Waals surface area (Å²) in [6.07, 6.45) is 2.07. The molecule has 1 aromatic heterocycles. The van der Waals surface area contributed by atoms with Gasteiger partial charge in [-0.1, -0.05) is 0 Å². The van der Waals surface area contributed by atoms with E-state index in [2.05, 4.69) is 29.1 Å². The van der Waals surface area contributed by atoms with Crippen molar-refractivity contribution in [3.63, 3.8) is 0 Å². The van der Waals surface area contributed by atoms with Crippen LogP contribution in [0.3, 0.4) is 0 Å². The third-order valence-corrected chi connectivity index (χ3v) is 2.97. The van der Waals surface area contributed by atoms with Crippen LogP contribution in [-0.2, 0) is 17.9 Å². The van der Waals surface area contributed by atoms with Gasteiger partial charge in [-0.3, -0.25) is 4.79 Å². The lowest BCUT2D eigenvalue weighted by Gasteiger charge is -2.10. The standard InChI is InChI=1S/C15H19N3O2/c1-2-18-9-3-4-13(18)10-17-12-5-7-14(8-6-12)20-11-15(16)19/h3-9,17H,2,10-11H2,1H3,(H2,16,19). The van der Waals surface area contributed by atoms with Gasteiger partial charge in [-0.2, -0.15) is 0 Å². The van der Waals surface area contributed by atoms with Gasteiger partial charge >= 0.3 is 0 Å². The highest BCUT2D eigenvalue weighted by Gasteiger charge is 2.00. The van der Waals surface area contributed by atoms with Crippen molar-refractivity contribution in [2.75, 3.05) is 11.9 Å². The number of aryl methyl sites for hydroxylation is 1. The molecule has 3 N–H and O–H groups in total. The molecule has 20 heavy (non-hydrogen) atoms. The summed E-state index contributed by atoms with van der Waals surface area (Å²) in [7, 11) is 0. The van der Waals surface area contributed by atoms with E-state index >= 15 is 0 Å². The molecule has 2 rings (SSSR count). The molecule has 0 saturated heterocycles. The summed E-state index contributed by atoms with van der Waals surface area (Å²) >= 11 is 0. The molecular weight excluding hydrogens is 254 g/mol. The van der Waals surface area contributed by atoms with E-state index < -0.39 is 5.91 Å². The van der Waals surface area contributed by atoms with Crippen LogP contribution in [-0.4, -0.2) is 17.1 Å². The maximum Gasteiger partial charge on any atom is 0.255 e. The number of anilines is 1. The maximum absolute atomic E-state index is 10.6. The molecule has 0 radical (unpaired) electrons. The summed E-state index contributed by atoms with van der Waals surface area (Å²) in [5, 5.41) is 3.35. The number of rotatable bonds is 7.